The Kier molecular flexibility index (Phi) is 13.5. The summed E-state index contributed by atoms with van der Waals surface area (Å²) < 4.78 is 7.97. The van der Waals surface area contributed by atoms with E-state index in [4.69, 9.17) is 4.74 Å². The van der Waals surface area contributed by atoms with Crippen molar-refractivity contribution in [1.82, 2.24) is 0 Å². The zero-order valence-electron chi connectivity index (χ0n) is 44.0. The second-order valence-electron chi connectivity index (χ2n) is 26.8. The number of phenolic OH excluding ortho intramolecular Hbond substituents is 4. The summed E-state index contributed by atoms with van der Waals surface area (Å²) in [6.45, 7) is 51.1. The number of benzene rings is 4. The summed E-state index contributed by atoms with van der Waals surface area (Å²) in [5, 5.41) is 48.3. The van der Waals surface area contributed by atoms with E-state index in [1.165, 1.54) is 0 Å². The van der Waals surface area contributed by atoms with Gasteiger partial charge in [0.15, 0.2) is 0 Å². The monoisotopic (exact) mass is 863 g/mol. The van der Waals surface area contributed by atoms with E-state index in [-0.39, 0.29) is 23.0 Å². The molecule has 5 heteroatoms. The van der Waals surface area contributed by atoms with Gasteiger partial charge in [-0.15, -0.1) is 0 Å². The van der Waals surface area contributed by atoms with Gasteiger partial charge in [0.05, 0.1) is 0 Å². The zero-order chi connectivity index (χ0) is 48.8. The Hall–Kier alpha value is -3.96. The fourth-order valence-electron chi connectivity index (χ4n) is 8.64. The predicted molar refractivity (Wildman–Crippen MR) is 267 cm³/mol. The number of hydrogen-bond donors (Lipinski definition) is 4. The molecule has 4 aromatic carbocycles. The molecule has 4 aromatic rings. The van der Waals surface area contributed by atoms with Crippen LogP contribution in [-0.4, -0.2) is 20.4 Å². The summed E-state index contributed by atoms with van der Waals surface area (Å²) in [5.74, 6) is 1.16. The largest absolute Gasteiger partial charge is 0.507 e. The topological polar surface area (TPSA) is 90.2 Å². The van der Waals surface area contributed by atoms with Gasteiger partial charge in [0.2, 0.25) is 0 Å². The van der Waals surface area contributed by atoms with Crippen LogP contribution in [0.2, 0.25) is 0 Å². The summed E-state index contributed by atoms with van der Waals surface area (Å²) in [7, 11) is 0. The molecule has 5 nitrogen and oxygen atoms in total. The molecular formula is C58H86O5. The predicted octanol–water partition coefficient (Wildman–Crippen LogP) is 15.8. The molecule has 0 aromatic heterocycles. The average Bonchev–Trinajstić information content (AvgIpc) is 3.05. The third kappa shape index (κ3) is 11.1. The van der Waals surface area contributed by atoms with E-state index < -0.39 is 55.5 Å². The van der Waals surface area contributed by atoms with E-state index in [0.29, 0.717) is 0 Å². The molecule has 0 aliphatic heterocycles. The van der Waals surface area contributed by atoms with Crippen LogP contribution in [0.15, 0.2) is 48.5 Å². The van der Waals surface area contributed by atoms with Crippen molar-refractivity contribution in [3.05, 3.63) is 115 Å². The maximum Gasteiger partial charge on any atom is 0.123 e. The van der Waals surface area contributed by atoms with Crippen molar-refractivity contribution < 1.29 is 25.2 Å². The van der Waals surface area contributed by atoms with Crippen molar-refractivity contribution >= 4 is 0 Å². The molecule has 0 bridgehead atoms. The zero-order valence-corrected chi connectivity index (χ0v) is 44.0. The van der Waals surface area contributed by atoms with Crippen LogP contribution in [0.4, 0.5) is 0 Å². The molecule has 0 radical (unpaired) electrons. The van der Waals surface area contributed by atoms with Gasteiger partial charge in [-0.1, -0.05) is 166 Å². The van der Waals surface area contributed by atoms with E-state index >= 15 is 0 Å². The molecule has 0 saturated carbocycles. The van der Waals surface area contributed by atoms with Gasteiger partial charge in [-0.25, -0.2) is 0 Å². The van der Waals surface area contributed by atoms with Gasteiger partial charge in [-0.3, -0.25) is 0 Å². The highest BCUT2D eigenvalue weighted by molar-refractivity contribution is 5.57. The van der Waals surface area contributed by atoms with E-state index in [2.05, 4.69) is 215 Å². The fraction of sp³-hybridized carbons (Fsp3) is 0.586. The van der Waals surface area contributed by atoms with E-state index in [0.717, 1.165) is 66.8 Å². The second-order valence-corrected chi connectivity index (χ2v) is 26.8. The van der Waals surface area contributed by atoms with E-state index in [9.17, 15) is 20.4 Å². The molecule has 0 heterocycles. The van der Waals surface area contributed by atoms with E-state index in [1.54, 1.807) is 0 Å². The lowest BCUT2D eigenvalue weighted by molar-refractivity contribution is 0.0301. The lowest BCUT2D eigenvalue weighted by atomic mass is 9.75. The summed E-state index contributed by atoms with van der Waals surface area (Å²) in [6, 6.07) is 16.9. The smallest absolute Gasteiger partial charge is 0.123 e. The van der Waals surface area contributed by atoms with Crippen LogP contribution in [0.5, 0.6) is 23.0 Å². The minimum atomic E-state index is -0.712. The van der Waals surface area contributed by atoms with Crippen molar-refractivity contribution in [3.63, 3.8) is 0 Å². The maximum atomic E-state index is 12.1. The average molecular weight is 863 g/mol. The highest BCUT2D eigenvalue weighted by Crippen LogP contribution is 2.50. The van der Waals surface area contributed by atoms with Crippen molar-refractivity contribution in [2.45, 2.75) is 222 Å². The van der Waals surface area contributed by atoms with Crippen LogP contribution >= 0.6 is 0 Å². The Bertz CT molecular complexity index is 1850. The molecule has 63 heavy (non-hydrogen) atoms. The first-order valence-electron chi connectivity index (χ1n) is 23.1. The van der Waals surface area contributed by atoms with Gasteiger partial charge in [0, 0.05) is 0 Å². The normalized spacial score (nSPS) is 14.0. The summed E-state index contributed by atoms with van der Waals surface area (Å²) in [6.07, 6.45) is -1.42. The van der Waals surface area contributed by atoms with Gasteiger partial charge >= 0.3 is 0 Å². The van der Waals surface area contributed by atoms with Crippen LogP contribution in [0.25, 0.3) is 0 Å². The highest BCUT2D eigenvalue weighted by Gasteiger charge is 2.37. The van der Waals surface area contributed by atoms with Gasteiger partial charge in [0.25, 0.3) is 0 Å². The minimum absolute atomic E-state index is 0.289. The van der Waals surface area contributed by atoms with Crippen LogP contribution < -0.4 is 0 Å². The molecule has 0 amide bonds. The molecule has 0 unspecified atom stereocenters. The second kappa shape index (κ2) is 16.5. The Labute approximate surface area is 383 Å². The Balaban J connectivity index is 2.39. The lowest BCUT2D eigenvalue weighted by Gasteiger charge is -2.35. The van der Waals surface area contributed by atoms with Crippen molar-refractivity contribution in [2.24, 2.45) is 0 Å². The van der Waals surface area contributed by atoms with Crippen LogP contribution in [0, 0.1) is 0 Å². The first-order valence-corrected chi connectivity index (χ1v) is 23.1. The number of rotatable bonds is 6. The molecule has 348 valence electrons. The molecule has 0 aliphatic rings. The van der Waals surface area contributed by atoms with Gasteiger partial charge in [-0.05, 0) is 159 Å². The molecule has 0 spiro atoms. The number of hydrogen-bond acceptors (Lipinski definition) is 5. The maximum absolute atomic E-state index is 12.1. The highest BCUT2D eigenvalue weighted by atomic mass is 16.5. The van der Waals surface area contributed by atoms with Crippen LogP contribution in [0.3, 0.4) is 0 Å². The third-order valence-corrected chi connectivity index (χ3v) is 12.5. The Morgan fingerprint density at radius 3 is 0.460 bits per heavy atom. The molecule has 0 fully saturated rings. The number of phenols is 4. The Morgan fingerprint density at radius 2 is 0.365 bits per heavy atom. The lowest BCUT2D eigenvalue weighted by Crippen LogP contribution is -2.23. The van der Waals surface area contributed by atoms with Crippen molar-refractivity contribution in [3.8, 4) is 23.0 Å². The minimum Gasteiger partial charge on any atom is -0.507 e. The molecule has 4 rings (SSSR count). The van der Waals surface area contributed by atoms with Crippen molar-refractivity contribution in [2.75, 3.05) is 0 Å². The van der Waals surface area contributed by atoms with Crippen LogP contribution in [0.1, 0.15) is 245 Å². The summed E-state index contributed by atoms with van der Waals surface area (Å²) >= 11 is 0. The SMILES string of the molecule is CC(C)(C)c1cc(C(OC(c2cc(C(C)(C)C)c(O)c(C(C)(C)C)c2)c2cc(C(C)(C)C)c(O)c(C(C)(C)C)c2)c2cc(C(C)(C)C)c(O)c(C(C)(C)C)c2)cc(C(C)(C)C)c1O. The van der Waals surface area contributed by atoms with Crippen LogP contribution in [-0.2, 0) is 48.1 Å². The van der Waals surface area contributed by atoms with Crippen molar-refractivity contribution in [1.29, 1.82) is 0 Å². The molecule has 0 saturated heterocycles. The molecular weight excluding hydrogens is 777 g/mol. The first kappa shape index (κ1) is 51.7. The quantitative estimate of drug-likeness (QED) is 0.155. The number of ether oxygens (including phenoxy) is 1. The molecule has 4 N–H and O–H groups in total. The molecule has 0 atom stereocenters. The summed E-state index contributed by atoms with van der Waals surface area (Å²) in [4.78, 5) is 0. The summed E-state index contributed by atoms with van der Waals surface area (Å²) in [5.41, 5.74) is 6.85. The first-order chi connectivity index (χ1) is 28.0. The standard InChI is InChI=1S/C58H86O5/c1-51(2,3)37-25-33(26-38(45(37)59)52(4,5)6)49(34-27-39(53(7,8)9)46(60)40(28-34)54(10,11)12)63-50(35-29-41(55(13,14)15)47(61)42(30-35)56(16,17)18)36-31-43(57(19,20)21)48(62)44(32-36)58(22,23)24/h25-32,49-50,59-62H,1-24H3. The Morgan fingerprint density at radius 1 is 0.254 bits per heavy atom. The van der Waals surface area contributed by atoms with E-state index in [1.807, 2.05) is 0 Å². The van der Waals surface area contributed by atoms with Gasteiger partial charge < -0.3 is 25.2 Å². The molecule has 0 aliphatic carbocycles. The van der Waals surface area contributed by atoms with Gasteiger partial charge in [0.1, 0.15) is 35.2 Å². The van der Waals surface area contributed by atoms with Gasteiger partial charge in [-0.2, -0.15) is 0 Å². The number of aromatic hydroxyl groups is 4. The third-order valence-electron chi connectivity index (χ3n) is 12.5. The fourth-order valence-corrected chi connectivity index (χ4v) is 8.64.